The number of rotatable bonds is 11. The number of hydrogen-bond donors (Lipinski definition) is 2. The van der Waals surface area contributed by atoms with Gasteiger partial charge in [0.05, 0.1) is 13.2 Å². The highest BCUT2D eigenvalue weighted by atomic mass is 127. The minimum atomic E-state index is 0. The zero-order chi connectivity index (χ0) is 17.6. The lowest BCUT2D eigenvalue weighted by Crippen LogP contribution is -2.45. The van der Waals surface area contributed by atoms with Crippen molar-refractivity contribution in [3.05, 3.63) is 0 Å². The van der Waals surface area contributed by atoms with Crippen molar-refractivity contribution < 1.29 is 14.3 Å². The monoisotopic (exact) mass is 470 g/mol. The first-order valence-corrected chi connectivity index (χ1v) is 9.10. The molecule has 1 aliphatic rings. The zero-order valence-electron chi connectivity index (χ0n) is 15.9. The van der Waals surface area contributed by atoms with Gasteiger partial charge in [-0.3, -0.25) is 9.79 Å². The molecule has 7 nitrogen and oxygen atoms in total. The van der Waals surface area contributed by atoms with Crippen LogP contribution in [0.2, 0.25) is 0 Å². The molecule has 1 atom stereocenters. The van der Waals surface area contributed by atoms with Crippen molar-refractivity contribution in [3.8, 4) is 0 Å². The minimum absolute atomic E-state index is 0. The van der Waals surface area contributed by atoms with Crippen molar-refractivity contribution in [1.29, 1.82) is 0 Å². The van der Waals surface area contributed by atoms with Gasteiger partial charge in [-0.1, -0.05) is 6.92 Å². The van der Waals surface area contributed by atoms with E-state index in [1.165, 1.54) is 0 Å². The van der Waals surface area contributed by atoms with Crippen LogP contribution in [0.4, 0.5) is 0 Å². The van der Waals surface area contributed by atoms with Crippen LogP contribution in [0.3, 0.4) is 0 Å². The van der Waals surface area contributed by atoms with E-state index >= 15 is 0 Å². The standard InChI is InChI=1S/C17H34N4O3.HI/c1-4-16(22)21-10-8-15(14-21)20-17(18-5-2)19-9-6-7-11-24-13-12-23-3;/h15H,4-14H2,1-3H3,(H2,18,19,20);1H. The number of methoxy groups -OCH3 is 1. The number of halogens is 1. The number of aliphatic imine (C=N–C) groups is 1. The largest absolute Gasteiger partial charge is 0.382 e. The highest BCUT2D eigenvalue weighted by molar-refractivity contribution is 14.0. The second kappa shape index (κ2) is 15.6. The van der Waals surface area contributed by atoms with Gasteiger partial charge in [0.1, 0.15) is 0 Å². The van der Waals surface area contributed by atoms with Gasteiger partial charge in [0.25, 0.3) is 0 Å². The Morgan fingerprint density at radius 1 is 1.24 bits per heavy atom. The summed E-state index contributed by atoms with van der Waals surface area (Å²) in [7, 11) is 1.68. The molecule has 1 fully saturated rings. The number of carbonyl (C=O) groups is 1. The van der Waals surface area contributed by atoms with Gasteiger partial charge in [-0.05, 0) is 26.2 Å². The summed E-state index contributed by atoms with van der Waals surface area (Å²) in [5, 5.41) is 6.72. The van der Waals surface area contributed by atoms with E-state index in [4.69, 9.17) is 9.47 Å². The Kier molecular flexibility index (Phi) is 15.2. The van der Waals surface area contributed by atoms with E-state index in [1.807, 2.05) is 11.8 Å². The number of carbonyl (C=O) groups excluding carboxylic acids is 1. The first kappa shape index (κ1) is 24.4. The van der Waals surface area contributed by atoms with Crippen LogP contribution in [0.15, 0.2) is 4.99 Å². The van der Waals surface area contributed by atoms with E-state index < -0.39 is 0 Å². The molecule has 0 aromatic rings. The summed E-state index contributed by atoms with van der Waals surface area (Å²) in [6, 6.07) is 0.288. The van der Waals surface area contributed by atoms with Crippen molar-refractivity contribution in [2.75, 3.05) is 53.1 Å². The molecule has 1 aliphatic heterocycles. The van der Waals surface area contributed by atoms with Crippen molar-refractivity contribution in [1.82, 2.24) is 15.5 Å². The van der Waals surface area contributed by atoms with Crippen LogP contribution in [-0.4, -0.2) is 75.9 Å². The first-order valence-electron chi connectivity index (χ1n) is 9.10. The molecule has 148 valence electrons. The third-order valence-corrected chi connectivity index (χ3v) is 3.93. The van der Waals surface area contributed by atoms with Gasteiger partial charge in [-0.15, -0.1) is 24.0 Å². The molecule has 1 amide bonds. The number of amides is 1. The number of unbranched alkanes of at least 4 members (excludes halogenated alkanes) is 1. The summed E-state index contributed by atoms with van der Waals surface area (Å²) in [5.74, 6) is 1.07. The molecule has 0 aromatic heterocycles. The van der Waals surface area contributed by atoms with Gasteiger partial charge in [-0.2, -0.15) is 0 Å². The fourth-order valence-electron chi connectivity index (χ4n) is 2.59. The molecule has 2 N–H and O–H groups in total. The first-order chi connectivity index (χ1) is 11.7. The number of ether oxygens (including phenoxy) is 2. The van der Waals surface area contributed by atoms with Crippen molar-refractivity contribution >= 4 is 35.8 Å². The Labute approximate surface area is 169 Å². The van der Waals surface area contributed by atoms with Crippen LogP contribution in [0.25, 0.3) is 0 Å². The molecule has 0 bridgehead atoms. The molecular formula is C17H35IN4O3. The predicted octanol–water partition coefficient (Wildman–Crippen LogP) is 1.61. The van der Waals surface area contributed by atoms with E-state index in [2.05, 4.69) is 22.5 Å². The lowest BCUT2D eigenvalue weighted by Gasteiger charge is -2.18. The molecule has 0 spiro atoms. The SMILES string of the molecule is CCNC(=NCCCCOCCOC)NC1CCN(C(=O)CC)C1.I. The number of hydrogen-bond acceptors (Lipinski definition) is 4. The number of nitrogens with one attached hydrogen (secondary N) is 2. The minimum Gasteiger partial charge on any atom is -0.382 e. The Hall–Kier alpha value is -0.610. The summed E-state index contributed by atoms with van der Waals surface area (Å²) >= 11 is 0. The number of guanidine groups is 1. The van der Waals surface area contributed by atoms with Crippen LogP contribution < -0.4 is 10.6 Å². The maximum atomic E-state index is 11.7. The van der Waals surface area contributed by atoms with Gasteiger partial charge in [0, 0.05) is 52.4 Å². The molecule has 0 saturated carbocycles. The molecule has 1 rings (SSSR count). The van der Waals surface area contributed by atoms with E-state index in [-0.39, 0.29) is 35.9 Å². The normalized spacial score (nSPS) is 17.3. The van der Waals surface area contributed by atoms with Crippen LogP contribution in [0.5, 0.6) is 0 Å². The molecular weight excluding hydrogens is 435 g/mol. The third kappa shape index (κ3) is 10.9. The van der Waals surface area contributed by atoms with E-state index in [0.29, 0.717) is 19.6 Å². The summed E-state index contributed by atoms with van der Waals surface area (Å²) in [5.41, 5.74) is 0. The topological polar surface area (TPSA) is 75.2 Å². The van der Waals surface area contributed by atoms with Gasteiger partial charge in [0.2, 0.25) is 5.91 Å². The quantitative estimate of drug-likeness (QED) is 0.208. The van der Waals surface area contributed by atoms with Crippen molar-refractivity contribution in [2.24, 2.45) is 4.99 Å². The van der Waals surface area contributed by atoms with Crippen LogP contribution >= 0.6 is 24.0 Å². The smallest absolute Gasteiger partial charge is 0.222 e. The Bertz CT molecular complexity index is 383. The van der Waals surface area contributed by atoms with E-state index in [0.717, 1.165) is 58.0 Å². The lowest BCUT2D eigenvalue weighted by molar-refractivity contribution is -0.129. The molecule has 1 heterocycles. The zero-order valence-corrected chi connectivity index (χ0v) is 18.2. The lowest BCUT2D eigenvalue weighted by atomic mass is 10.3. The Morgan fingerprint density at radius 3 is 2.72 bits per heavy atom. The van der Waals surface area contributed by atoms with Gasteiger partial charge in [-0.25, -0.2) is 0 Å². The summed E-state index contributed by atoms with van der Waals surface area (Å²) in [6.45, 7) is 9.22. The summed E-state index contributed by atoms with van der Waals surface area (Å²) in [6.07, 6.45) is 3.54. The molecule has 8 heteroatoms. The van der Waals surface area contributed by atoms with Gasteiger partial charge in [0.15, 0.2) is 5.96 Å². The number of likely N-dealkylation sites (tertiary alicyclic amines) is 1. The maximum absolute atomic E-state index is 11.7. The third-order valence-electron chi connectivity index (χ3n) is 3.93. The Morgan fingerprint density at radius 2 is 2.04 bits per heavy atom. The van der Waals surface area contributed by atoms with Gasteiger partial charge < -0.3 is 25.0 Å². The van der Waals surface area contributed by atoms with Gasteiger partial charge >= 0.3 is 0 Å². The van der Waals surface area contributed by atoms with Crippen LogP contribution in [-0.2, 0) is 14.3 Å². The molecule has 1 unspecified atom stereocenters. The second-order valence-corrected chi connectivity index (χ2v) is 5.90. The van der Waals surface area contributed by atoms with Crippen LogP contribution in [0, 0.1) is 0 Å². The van der Waals surface area contributed by atoms with Crippen molar-refractivity contribution in [3.63, 3.8) is 0 Å². The Balaban J connectivity index is 0.00000576. The molecule has 0 aromatic carbocycles. The second-order valence-electron chi connectivity index (χ2n) is 5.90. The molecule has 0 aliphatic carbocycles. The highest BCUT2D eigenvalue weighted by Gasteiger charge is 2.25. The van der Waals surface area contributed by atoms with Crippen LogP contribution in [0.1, 0.15) is 39.5 Å². The highest BCUT2D eigenvalue weighted by Crippen LogP contribution is 2.10. The molecule has 1 saturated heterocycles. The average Bonchev–Trinajstić information content (AvgIpc) is 3.05. The fourth-order valence-corrected chi connectivity index (χ4v) is 2.59. The molecule has 25 heavy (non-hydrogen) atoms. The van der Waals surface area contributed by atoms with E-state index in [9.17, 15) is 4.79 Å². The van der Waals surface area contributed by atoms with Crippen molar-refractivity contribution in [2.45, 2.75) is 45.6 Å². The predicted molar refractivity (Wildman–Crippen MR) is 112 cm³/mol. The molecule has 0 radical (unpaired) electrons. The maximum Gasteiger partial charge on any atom is 0.222 e. The fraction of sp³-hybridized carbons (Fsp3) is 0.882. The average molecular weight is 470 g/mol. The summed E-state index contributed by atoms with van der Waals surface area (Å²) in [4.78, 5) is 18.3. The summed E-state index contributed by atoms with van der Waals surface area (Å²) < 4.78 is 10.4. The number of nitrogens with zero attached hydrogens (tertiary/aromatic N) is 2. The van der Waals surface area contributed by atoms with E-state index in [1.54, 1.807) is 7.11 Å².